The molecule has 0 atom stereocenters. The Kier molecular flexibility index (Phi) is 3.98. The van der Waals surface area contributed by atoms with Crippen LogP contribution in [0.4, 0.5) is 0 Å². The maximum absolute atomic E-state index is 11.0. The normalized spacial score (nSPS) is 10.2. The highest BCUT2D eigenvalue weighted by Gasteiger charge is 2.02. The van der Waals surface area contributed by atoms with Crippen LogP contribution >= 0.6 is 15.9 Å². The molecule has 1 heterocycles. The molecule has 0 saturated heterocycles. The van der Waals surface area contributed by atoms with E-state index in [1.807, 2.05) is 53.4 Å². The number of benzene rings is 1. The highest BCUT2D eigenvalue weighted by atomic mass is 79.9. The van der Waals surface area contributed by atoms with E-state index in [0.717, 1.165) is 11.3 Å². The lowest BCUT2D eigenvalue weighted by Gasteiger charge is -2.07. The van der Waals surface area contributed by atoms with E-state index in [1.165, 1.54) is 0 Å². The van der Waals surface area contributed by atoms with Crippen molar-refractivity contribution in [1.29, 1.82) is 0 Å². The molecule has 3 nitrogen and oxygen atoms in total. The molecule has 1 aromatic carbocycles. The Morgan fingerprint density at radius 2 is 2.00 bits per heavy atom. The zero-order valence-corrected chi connectivity index (χ0v) is 10.8. The van der Waals surface area contributed by atoms with Crippen molar-refractivity contribution in [2.75, 3.05) is 5.33 Å². The number of carbonyl (C=O) groups is 1. The van der Waals surface area contributed by atoms with Crippen molar-refractivity contribution in [1.82, 2.24) is 4.57 Å². The molecule has 0 amide bonds. The number of carbonyl (C=O) groups excluding carboxylic acids is 1. The fraction of sp³-hybridized carbons (Fsp3) is 0.154. The topological polar surface area (TPSA) is 31.2 Å². The van der Waals surface area contributed by atoms with Gasteiger partial charge in [0.1, 0.15) is 11.9 Å². The van der Waals surface area contributed by atoms with Gasteiger partial charge in [0.05, 0.1) is 0 Å². The van der Waals surface area contributed by atoms with Gasteiger partial charge in [-0.1, -0.05) is 28.1 Å². The summed E-state index contributed by atoms with van der Waals surface area (Å²) in [6.45, 7) is 0.305. The minimum absolute atomic E-state index is 0.226. The monoisotopic (exact) mass is 293 g/mol. The van der Waals surface area contributed by atoms with Crippen LogP contribution in [0.1, 0.15) is 5.56 Å². The second-order valence-electron chi connectivity index (χ2n) is 3.55. The SMILES string of the molecule is O=C(CBr)OCc1cccc(-n2cccc2)c1. The summed E-state index contributed by atoms with van der Waals surface area (Å²) in [5, 5.41) is 0.226. The van der Waals surface area contributed by atoms with Crippen LogP contribution in [0, 0.1) is 0 Å². The number of hydrogen-bond acceptors (Lipinski definition) is 2. The van der Waals surface area contributed by atoms with Gasteiger partial charge in [-0.25, -0.2) is 0 Å². The summed E-state index contributed by atoms with van der Waals surface area (Å²) in [5.74, 6) is -0.253. The Morgan fingerprint density at radius 3 is 2.71 bits per heavy atom. The standard InChI is InChI=1S/C13H12BrNO2/c14-9-13(16)17-10-11-4-3-5-12(8-11)15-6-1-2-7-15/h1-8H,9-10H2. The third-order valence-corrected chi connectivity index (χ3v) is 2.78. The molecule has 17 heavy (non-hydrogen) atoms. The third-order valence-electron chi connectivity index (χ3n) is 2.32. The van der Waals surface area contributed by atoms with Gasteiger partial charge in [-0.15, -0.1) is 0 Å². The molecule has 0 aliphatic heterocycles. The number of aromatic nitrogens is 1. The molecule has 0 aliphatic rings. The number of nitrogens with zero attached hydrogens (tertiary/aromatic N) is 1. The van der Waals surface area contributed by atoms with Gasteiger partial charge in [0.25, 0.3) is 0 Å². The van der Waals surface area contributed by atoms with Gasteiger partial charge in [-0.3, -0.25) is 4.79 Å². The largest absolute Gasteiger partial charge is 0.460 e. The Morgan fingerprint density at radius 1 is 1.24 bits per heavy atom. The maximum Gasteiger partial charge on any atom is 0.316 e. The van der Waals surface area contributed by atoms with Crippen LogP contribution in [0.2, 0.25) is 0 Å². The van der Waals surface area contributed by atoms with Crippen LogP contribution in [-0.2, 0) is 16.1 Å². The van der Waals surface area contributed by atoms with E-state index in [-0.39, 0.29) is 11.3 Å². The summed E-state index contributed by atoms with van der Waals surface area (Å²) < 4.78 is 7.06. The number of rotatable bonds is 4. The van der Waals surface area contributed by atoms with Crippen LogP contribution in [0.5, 0.6) is 0 Å². The van der Waals surface area contributed by atoms with E-state index in [1.54, 1.807) is 0 Å². The molecule has 0 unspecified atom stereocenters. The molecule has 0 bridgehead atoms. The molecule has 0 aliphatic carbocycles. The molecule has 0 radical (unpaired) electrons. The minimum Gasteiger partial charge on any atom is -0.460 e. The minimum atomic E-state index is -0.253. The predicted molar refractivity (Wildman–Crippen MR) is 69.4 cm³/mol. The van der Waals surface area contributed by atoms with Crippen molar-refractivity contribution in [3.8, 4) is 5.69 Å². The quantitative estimate of drug-likeness (QED) is 0.641. The highest BCUT2D eigenvalue weighted by Crippen LogP contribution is 2.11. The first-order valence-electron chi connectivity index (χ1n) is 5.23. The van der Waals surface area contributed by atoms with E-state index in [4.69, 9.17) is 4.74 Å². The van der Waals surface area contributed by atoms with E-state index in [0.29, 0.717) is 6.61 Å². The second kappa shape index (κ2) is 5.68. The summed E-state index contributed by atoms with van der Waals surface area (Å²) in [4.78, 5) is 11.0. The molecule has 0 N–H and O–H groups in total. The zero-order valence-electron chi connectivity index (χ0n) is 9.17. The Bertz CT molecular complexity index is 494. The number of halogens is 1. The maximum atomic E-state index is 11.0. The van der Waals surface area contributed by atoms with Gasteiger partial charge < -0.3 is 9.30 Å². The smallest absolute Gasteiger partial charge is 0.316 e. The first-order valence-corrected chi connectivity index (χ1v) is 6.35. The molecule has 88 valence electrons. The molecule has 4 heteroatoms. The molecule has 2 aromatic rings. The summed E-state index contributed by atoms with van der Waals surface area (Å²) >= 11 is 3.06. The summed E-state index contributed by atoms with van der Waals surface area (Å²) in [7, 11) is 0. The van der Waals surface area contributed by atoms with Crippen LogP contribution in [0.3, 0.4) is 0 Å². The average molecular weight is 294 g/mol. The third kappa shape index (κ3) is 3.20. The molecular weight excluding hydrogens is 282 g/mol. The van der Waals surface area contributed by atoms with Gasteiger partial charge in [0.2, 0.25) is 0 Å². The van der Waals surface area contributed by atoms with Crippen LogP contribution < -0.4 is 0 Å². The Balaban J connectivity index is 2.09. The van der Waals surface area contributed by atoms with Crippen LogP contribution in [0.15, 0.2) is 48.8 Å². The lowest BCUT2D eigenvalue weighted by molar-refractivity contribution is -0.141. The van der Waals surface area contributed by atoms with Crippen molar-refractivity contribution in [3.63, 3.8) is 0 Å². The number of ether oxygens (including phenoxy) is 1. The number of esters is 1. The summed E-state index contributed by atoms with van der Waals surface area (Å²) in [6, 6.07) is 11.8. The summed E-state index contributed by atoms with van der Waals surface area (Å²) in [6.07, 6.45) is 3.95. The number of alkyl halides is 1. The van der Waals surface area contributed by atoms with E-state index in [9.17, 15) is 4.79 Å². The average Bonchev–Trinajstić information content (AvgIpc) is 2.90. The van der Waals surface area contributed by atoms with E-state index >= 15 is 0 Å². The van der Waals surface area contributed by atoms with Crippen molar-refractivity contribution >= 4 is 21.9 Å². The lowest BCUT2D eigenvalue weighted by Crippen LogP contribution is -2.05. The molecular formula is C13H12BrNO2. The van der Waals surface area contributed by atoms with Crippen molar-refractivity contribution in [3.05, 3.63) is 54.4 Å². The van der Waals surface area contributed by atoms with Gasteiger partial charge in [0, 0.05) is 18.1 Å². The fourth-order valence-electron chi connectivity index (χ4n) is 1.52. The second-order valence-corrected chi connectivity index (χ2v) is 4.12. The van der Waals surface area contributed by atoms with Crippen LogP contribution in [0.25, 0.3) is 5.69 Å². The number of hydrogen-bond donors (Lipinski definition) is 0. The Hall–Kier alpha value is -1.55. The molecule has 2 rings (SSSR count). The van der Waals surface area contributed by atoms with Gasteiger partial charge in [-0.2, -0.15) is 0 Å². The highest BCUT2D eigenvalue weighted by molar-refractivity contribution is 9.09. The van der Waals surface area contributed by atoms with Crippen LogP contribution in [-0.4, -0.2) is 15.9 Å². The zero-order chi connectivity index (χ0) is 12.1. The lowest BCUT2D eigenvalue weighted by atomic mass is 10.2. The van der Waals surface area contributed by atoms with E-state index < -0.39 is 0 Å². The summed E-state index contributed by atoms with van der Waals surface area (Å²) in [5.41, 5.74) is 2.04. The van der Waals surface area contributed by atoms with Crippen molar-refractivity contribution in [2.24, 2.45) is 0 Å². The van der Waals surface area contributed by atoms with Gasteiger partial charge >= 0.3 is 5.97 Å². The molecule has 0 saturated carbocycles. The molecule has 0 spiro atoms. The fourth-order valence-corrected chi connectivity index (χ4v) is 1.68. The van der Waals surface area contributed by atoms with Gasteiger partial charge in [0.15, 0.2) is 0 Å². The van der Waals surface area contributed by atoms with Gasteiger partial charge in [-0.05, 0) is 29.8 Å². The molecule has 1 aromatic heterocycles. The first-order chi connectivity index (χ1) is 8.29. The molecule has 0 fully saturated rings. The first kappa shape index (κ1) is 11.9. The van der Waals surface area contributed by atoms with Crippen molar-refractivity contribution in [2.45, 2.75) is 6.61 Å². The Labute approximate surface area is 108 Å². The predicted octanol–water partition coefficient (Wildman–Crippen LogP) is 2.92. The van der Waals surface area contributed by atoms with E-state index in [2.05, 4.69) is 15.9 Å². The van der Waals surface area contributed by atoms with Crippen molar-refractivity contribution < 1.29 is 9.53 Å².